The lowest BCUT2D eigenvalue weighted by molar-refractivity contribution is 0.338. The first-order chi connectivity index (χ1) is 11.3. The Balaban J connectivity index is 1.72. The molecule has 0 saturated heterocycles. The summed E-state index contributed by atoms with van der Waals surface area (Å²) in [5.41, 5.74) is 9.46. The zero-order valence-corrected chi connectivity index (χ0v) is 13.7. The summed E-state index contributed by atoms with van der Waals surface area (Å²) < 4.78 is 5.52. The molecule has 0 aliphatic heterocycles. The molecule has 3 rings (SSSR count). The molecular weight excluding hydrogens is 286 g/mol. The van der Waals surface area contributed by atoms with Crippen LogP contribution in [0.4, 0.5) is 0 Å². The van der Waals surface area contributed by atoms with E-state index in [1.807, 2.05) is 18.3 Å². The van der Waals surface area contributed by atoms with E-state index in [9.17, 15) is 0 Å². The zero-order chi connectivity index (χ0) is 16.1. The van der Waals surface area contributed by atoms with E-state index in [-0.39, 0.29) is 0 Å². The van der Waals surface area contributed by atoms with Gasteiger partial charge in [-0.3, -0.25) is 4.98 Å². The maximum absolute atomic E-state index is 5.98. The van der Waals surface area contributed by atoms with Gasteiger partial charge >= 0.3 is 0 Å². The summed E-state index contributed by atoms with van der Waals surface area (Å²) in [5.74, 6) is 0.928. The molecular formula is C19H25N3O. The summed E-state index contributed by atoms with van der Waals surface area (Å²) in [7, 11) is 1.72. The molecule has 23 heavy (non-hydrogen) atoms. The molecule has 1 saturated carbocycles. The SMILES string of the molecule is COc1ccc(-c2cccnc2)cc1CNC1CCC(N)CC1. The minimum absolute atomic E-state index is 0.386. The van der Waals surface area contributed by atoms with Crippen molar-refractivity contribution in [1.29, 1.82) is 0 Å². The van der Waals surface area contributed by atoms with Crippen molar-refractivity contribution in [3.63, 3.8) is 0 Å². The lowest BCUT2D eigenvalue weighted by atomic mass is 9.91. The third-order valence-corrected chi connectivity index (χ3v) is 4.63. The summed E-state index contributed by atoms with van der Waals surface area (Å²) in [6.07, 6.45) is 8.23. The molecule has 4 heteroatoms. The van der Waals surface area contributed by atoms with Crippen LogP contribution in [-0.4, -0.2) is 24.2 Å². The summed E-state index contributed by atoms with van der Waals surface area (Å²) >= 11 is 0. The Hall–Kier alpha value is -1.91. The third kappa shape index (κ3) is 4.09. The molecule has 2 aromatic rings. The second kappa shape index (κ2) is 7.57. The molecule has 1 aromatic heterocycles. The van der Waals surface area contributed by atoms with E-state index in [4.69, 9.17) is 10.5 Å². The molecule has 1 heterocycles. The first-order valence-corrected chi connectivity index (χ1v) is 8.32. The number of rotatable bonds is 5. The number of benzene rings is 1. The Kier molecular flexibility index (Phi) is 5.26. The standard InChI is InChI=1S/C19H25N3O/c1-23-19-9-4-14(15-3-2-10-21-12-15)11-16(19)13-22-18-7-5-17(20)6-8-18/h2-4,9-12,17-18,22H,5-8,13,20H2,1H3. The summed E-state index contributed by atoms with van der Waals surface area (Å²) in [4.78, 5) is 4.20. The number of pyridine rings is 1. The van der Waals surface area contributed by atoms with Crippen molar-refractivity contribution in [3.05, 3.63) is 48.3 Å². The fourth-order valence-electron chi connectivity index (χ4n) is 3.21. The van der Waals surface area contributed by atoms with Gasteiger partial charge in [-0.15, -0.1) is 0 Å². The van der Waals surface area contributed by atoms with Crippen LogP contribution in [0.2, 0.25) is 0 Å². The second-order valence-electron chi connectivity index (χ2n) is 6.26. The molecule has 1 aliphatic carbocycles. The number of aromatic nitrogens is 1. The van der Waals surface area contributed by atoms with Crippen molar-refractivity contribution in [1.82, 2.24) is 10.3 Å². The number of hydrogen-bond donors (Lipinski definition) is 2. The van der Waals surface area contributed by atoms with Gasteiger partial charge in [0.2, 0.25) is 0 Å². The Labute approximate surface area is 138 Å². The highest BCUT2D eigenvalue weighted by atomic mass is 16.5. The van der Waals surface area contributed by atoms with Gasteiger partial charge in [-0.25, -0.2) is 0 Å². The smallest absolute Gasteiger partial charge is 0.123 e. The van der Waals surface area contributed by atoms with Gasteiger partial charge < -0.3 is 15.8 Å². The van der Waals surface area contributed by atoms with Gasteiger partial charge in [-0.05, 0) is 49.4 Å². The number of ether oxygens (including phenoxy) is 1. The molecule has 1 aromatic carbocycles. The van der Waals surface area contributed by atoms with Gasteiger partial charge in [-0.2, -0.15) is 0 Å². The summed E-state index contributed by atoms with van der Waals surface area (Å²) in [6, 6.07) is 11.3. The van der Waals surface area contributed by atoms with Gasteiger partial charge in [0.05, 0.1) is 7.11 Å². The molecule has 1 aliphatic rings. The Morgan fingerprint density at radius 1 is 1.17 bits per heavy atom. The Morgan fingerprint density at radius 3 is 2.70 bits per heavy atom. The first kappa shape index (κ1) is 16.0. The van der Waals surface area contributed by atoms with Crippen LogP contribution < -0.4 is 15.8 Å². The topological polar surface area (TPSA) is 60.2 Å². The van der Waals surface area contributed by atoms with Crippen molar-refractivity contribution in [2.75, 3.05) is 7.11 Å². The van der Waals surface area contributed by atoms with Crippen molar-refractivity contribution in [2.45, 2.75) is 44.3 Å². The van der Waals surface area contributed by atoms with Crippen LogP contribution in [-0.2, 0) is 6.54 Å². The molecule has 1 fully saturated rings. The van der Waals surface area contributed by atoms with Crippen LogP contribution in [0.15, 0.2) is 42.7 Å². The van der Waals surface area contributed by atoms with E-state index in [1.54, 1.807) is 13.3 Å². The number of nitrogens with one attached hydrogen (secondary N) is 1. The fraction of sp³-hybridized carbons (Fsp3) is 0.421. The van der Waals surface area contributed by atoms with Crippen LogP contribution in [0.1, 0.15) is 31.2 Å². The molecule has 0 spiro atoms. The van der Waals surface area contributed by atoms with Gasteiger partial charge in [0.25, 0.3) is 0 Å². The fourth-order valence-corrected chi connectivity index (χ4v) is 3.21. The van der Waals surface area contributed by atoms with Crippen LogP contribution in [0, 0.1) is 0 Å². The molecule has 122 valence electrons. The highest BCUT2D eigenvalue weighted by Gasteiger charge is 2.18. The predicted octanol–water partition coefficient (Wildman–Crippen LogP) is 3.12. The maximum atomic E-state index is 5.98. The van der Waals surface area contributed by atoms with Crippen molar-refractivity contribution < 1.29 is 4.74 Å². The third-order valence-electron chi connectivity index (χ3n) is 4.63. The maximum Gasteiger partial charge on any atom is 0.123 e. The zero-order valence-electron chi connectivity index (χ0n) is 13.7. The number of hydrogen-bond acceptors (Lipinski definition) is 4. The molecule has 0 radical (unpaired) electrons. The first-order valence-electron chi connectivity index (χ1n) is 8.32. The molecule has 4 nitrogen and oxygen atoms in total. The molecule has 0 atom stereocenters. The quantitative estimate of drug-likeness (QED) is 0.890. The van der Waals surface area contributed by atoms with Crippen LogP contribution in [0.25, 0.3) is 11.1 Å². The normalized spacial score (nSPS) is 21.1. The van der Waals surface area contributed by atoms with Gasteiger partial charge in [-0.1, -0.05) is 12.1 Å². The van der Waals surface area contributed by atoms with Crippen LogP contribution >= 0.6 is 0 Å². The van der Waals surface area contributed by atoms with Crippen molar-refractivity contribution in [2.24, 2.45) is 5.73 Å². The second-order valence-corrected chi connectivity index (χ2v) is 6.26. The van der Waals surface area contributed by atoms with Crippen molar-refractivity contribution >= 4 is 0 Å². The van der Waals surface area contributed by atoms with Crippen LogP contribution in [0.3, 0.4) is 0 Å². The number of nitrogens with two attached hydrogens (primary N) is 1. The average Bonchev–Trinajstić information content (AvgIpc) is 2.62. The molecule has 0 bridgehead atoms. The van der Waals surface area contributed by atoms with E-state index < -0.39 is 0 Å². The molecule has 3 N–H and O–H groups in total. The summed E-state index contributed by atoms with van der Waals surface area (Å²) in [6.45, 7) is 0.817. The Morgan fingerprint density at radius 2 is 2.00 bits per heavy atom. The highest BCUT2D eigenvalue weighted by Crippen LogP contribution is 2.27. The lowest BCUT2D eigenvalue weighted by Crippen LogP contribution is -2.37. The van der Waals surface area contributed by atoms with E-state index >= 15 is 0 Å². The number of methoxy groups -OCH3 is 1. The van der Waals surface area contributed by atoms with Crippen LogP contribution in [0.5, 0.6) is 5.75 Å². The Bertz CT molecular complexity index is 622. The largest absolute Gasteiger partial charge is 0.496 e. The average molecular weight is 311 g/mol. The van der Waals surface area contributed by atoms with Gasteiger partial charge in [0, 0.05) is 42.1 Å². The van der Waals surface area contributed by atoms with Crippen molar-refractivity contribution in [3.8, 4) is 16.9 Å². The molecule has 0 unspecified atom stereocenters. The monoisotopic (exact) mass is 311 g/mol. The van der Waals surface area contributed by atoms with E-state index in [1.165, 1.54) is 11.1 Å². The van der Waals surface area contributed by atoms with Gasteiger partial charge in [0.15, 0.2) is 0 Å². The predicted molar refractivity (Wildman–Crippen MR) is 93.3 cm³/mol. The minimum Gasteiger partial charge on any atom is -0.496 e. The highest BCUT2D eigenvalue weighted by molar-refractivity contribution is 5.64. The van der Waals surface area contributed by atoms with E-state index in [0.29, 0.717) is 12.1 Å². The summed E-state index contributed by atoms with van der Waals surface area (Å²) in [5, 5.41) is 3.66. The van der Waals surface area contributed by atoms with E-state index in [0.717, 1.165) is 43.5 Å². The lowest BCUT2D eigenvalue weighted by Gasteiger charge is -2.27. The minimum atomic E-state index is 0.386. The van der Waals surface area contributed by atoms with E-state index in [2.05, 4.69) is 28.5 Å². The molecule has 0 amide bonds. The van der Waals surface area contributed by atoms with Gasteiger partial charge in [0.1, 0.15) is 5.75 Å². The number of nitrogens with zero attached hydrogens (tertiary/aromatic N) is 1.